The van der Waals surface area contributed by atoms with Crippen molar-refractivity contribution in [1.29, 1.82) is 0 Å². The van der Waals surface area contributed by atoms with Gasteiger partial charge in [0.1, 0.15) is 15.9 Å². The molecular formula is C21H31N5O3S2. The van der Waals surface area contributed by atoms with E-state index in [1.54, 1.807) is 18.2 Å². The SMILES string of the molecule is CC1CCN(CCCNC(=O)C2CCCN(S(=O)(=O)c3cccc4nsnc34)C2)CC1. The predicted octanol–water partition coefficient (Wildman–Crippen LogP) is 2.33. The molecule has 1 N–H and O–H groups in total. The van der Waals surface area contributed by atoms with E-state index >= 15 is 0 Å². The predicted molar refractivity (Wildman–Crippen MR) is 121 cm³/mol. The molecule has 1 aromatic heterocycles. The minimum atomic E-state index is -3.72. The van der Waals surface area contributed by atoms with Crippen molar-refractivity contribution in [2.24, 2.45) is 11.8 Å². The number of hydrogen-bond donors (Lipinski definition) is 1. The van der Waals surface area contributed by atoms with Crippen LogP contribution in [0.2, 0.25) is 0 Å². The highest BCUT2D eigenvalue weighted by atomic mass is 32.2. The molecule has 31 heavy (non-hydrogen) atoms. The molecule has 0 bridgehead atoms. The third-order valence-corrected chi connectivity index (χ3v) is 8.89. The monoisotopic (exact) mass is 465 g/mol. The van der Waals surface area contributed by atoms with Gasteiger partial charge in [-0.1, -0.05) is 13.0 Å². The second-order valence-corrected chi connectivity index (χ2v) is 11.2. The Morgan fingerprint density at radius 3 is 2.81 bits per heavy atom. The summed E-state index contributed by atoms with van der Waals surface area (Å²) in [6.45, 7) is 6.87. The van der Waals surface area contributed by atoms with Crippen LogP contribution in [-0.4, -0.2) is 71.5 Å². The first-order chi connectivity index (χ1) is 14.9. The fourth-order valence-electron chi connectivity index (χ4n) is 4.45. The van der Waals surface area contributed by atoms with Crippen LogP contribution >= 0.6 is 11.7 Å². The van der Waals surface area contributed by atoms with Crippen LogP contribution in [0, 0.1) is 11.8 Å². The lowest BCUT2D eigenvalue weighted by Gasteiger charge is -2.31. The Balaban J connectivity index is 1.30. The number of aromatic nitrogens is 2. The Hall–Kier alpha value is -1.62. The minimum absolute atomic E-state index is 0.0410. The van der Waals surface area contributed by atoms with E-state index in [1.165, 1.54) is 17.1 Å². The van der Waals surface area contributed by atoms with Gasteiger partial charge in [-0.2, -0.15) is 13.1 Å². The standard InChI is InChI=1S/C21H31N5O3S2/c1-16-8-13-25(14-9-16)11-4-10-22-21(27)17-5-3-12-26(15-17)31(28,29)19-7-2-6-18-20(19)24-30-23-18/h2,6-7,16-17H,3-5,8-15H2,1H3,(H,22,27). The van der Waals surface area contributed by atoms with Crippen LogP contribution < -0.4 is 5.32 Å². The summed E-state index contributed by atoms with van der Waals surface area (Å²) in [4.78, 5) is 15.3. The van der Waals surface area contributed by atoms with E-state index in [2.05, 4.69) is 25.9 Å². The van der Waals surface area contributed by atoms with E-state index in [0.29, 0.717) is 37.0 Å². The van der Waals surface area contributed by atoms with Gasteiger partial charge in [0.15, 0.2) is 0 Å². The molecule has 0 radical (unpaired) electrons. The number of likely N-dealkylation sites (tertiary alicyclic amines) is 1. The van der Waals surface area contributed by atoms with Crippen LogP contribution in [0.5, 0.6) is 0 Å². The topological polar surface area (TPSA) is 95.5 Å². The normalized spacial score (nSPS) is 22.0. The second-order valence-electron chi connectivity index (χ2n) is 8.76. The number of carbonyl (C=O) groups is 1. The fraction of sp³-hybridized carbons (Fsp3) is 0.667. The van der Waals surface area contributed by atoms with E-state index in [1.807, 2.05) is 0 Å². The molecule has 1 aromatic carbocycles. The summed E-state index contributed by atoms with van der Waals surface area (Å²) >= 11 is 1.01. The van der Waals surface area contributed by atoms with Crippen LogP contribution in [0.15, 0.2) is 23.1 Å². The van der Waals surface area contributed by atoms with Gasteiger partial charge in [-0.25, -0.2) is 8.42 Å². The molecule has 10 heteroatoms. The van der Waals surface area contributed by atoms with Crippen molar-refractivity contribution >= 4 is 38.7 Å². The number of rotatable bonds is 7. The van der Waals surface area contributed by atoms with Crippen molar-refractivity contribution in [2.45, 2.75) is 43.9 Å². The molecule has 0 spiro atoms. The van der Waals surface area contributed by atoms with Crippen molar-refractivity contribution in [2.75, 3.05) is 39.3 Å². The molecule has 0 aliphatic carbocycles. The van der Waals surface area contributed by atoms with Crippen LogP contribution in [0.3, 0.4) is 0 Å². The number of amides is 1. The molecule has 0 saturated carbocycles. The summed E-state index contributed by atoms with van der Waals surface area (Å²) in [5.74, 6) is 0.466. The zero-order valence-electron chi connectivity index (χ0n) is 18.0. The molecule has 2 aromatic rings. The van der Waals surface area contributed by atoms with Crippen LogP contribution in [0.4, 0.5) is 0 Å². The van der Waals surface area contributed by atoms with E-state index in [0.717, 1.165) is 43.7 Å². The quantitative estimate of drug-likeness (QED) is 0.631. The minimum Gasteiger partial charge on any atom is -0.356 e. The molecule has 3 heterocycles. The largest absolute Gasteiger partial charge is 0.356 e. The summed E-state index contributed by atoms with van der Waals surface area (Å²) < 4.78 is 36.2. The van der Waals surface area contributed by atoms with Crippen molar-refractivity contribution in [3.05, 3.63) is 18.2 Å². The summed E-state index contributed by atoms with van der Waals surface area (Å²) in [5, 5.41) is 3.03. The zero-order valence-corrected chi connectivity index (χ0v) is 19.6. The number of nitrogens with zero attached hydrogens (tertiary/aromatic N) is 4. The molecule has 4 rings (SSSR count). The van der Waals surface area contributed by atoms with E-state index in [4.69, 9.17) is 0 Å². The lowest BCUT2D eigenvalue weighted by atomic mass is 9.98. The van der Waals surface area contributed by atoms with Gasteiger partial charge in [-0.3, -0.25) is 4.79 Å². The summed E-state index contributed by atoms with van der Waals surface area (Å²) in [6, 6.07) is 5.02. The Bertz CT molecular complexity index is 1000. The van der Waals surface area contributed by atoms with Gasteiger partial charge in [0.05, 0.1) is 17.6 Å². The van der Waals surface area contributed by atoms with Gasteiger partial charge in [-0.15, -0.1) is 0 Å². The summed E-state index contributed by atoms with van der Waals surface area (Å²) in [7, 11) is -3.72. The molecule has 2 aliphatic heterocycles. The van der Waals surface area contributed by atoms with E-state index in [9.17, 15) is 13.2 Å². The van der Waals surface area contributed by atoms with Crippen LogP contribution in [0.25, 0.3) is 11.0 Å². The number of hydrogen-bond acceptors (Lipinski definition) is 7. The van der Waals surface area contributed by atoms with Gasteiger partial charge < -0.3 is 10.2 Å². The summed E-state index contributed by atoms with van der Waals surface area (Å²) in [5.41, 5.74) is 0.992. The fourth-order valence-corrected chi connectivity index (χ4v) is 6.72. The first-order valence-electron chi connectivity index (χ1n) is 11.2. The zero-order chi connectivity index (χ0) is 21.8. The lowest BCUT2D eigenvalue weighted by molar-refractivity contribution is -0.126. The van der Waals surface area contributed by atoms with Crippen molar-refractivity contribution < 1.29 is 13.2 Å². The molecule has 2 aliphatic rings. The Morgan fingerprint density at radius 2 is 2.00 bits per heavy atom. The van der Waals surface area contributed by atoms with Crippen molar-refractivity contribution in [3.63, 3.8) is 0 Å². The van der Waals surface area contributed by atoms with Crippen LogP contribution in [-0.2, 0) is 14.8 Å². The number of nitrogens with one attached hydrogen (secondary N) is 1. The van der Waals surface area contributed by atoms with E-state index < -0.39 is 10.0 Å². The van der Waals surface area contributed by atoms with Crippen molar-refractivity contribution in [1.82, 2.24) is 23.3 Å². The van der Waals surface area contributed by atoms with Gasteiger partial charge >= 0.3 is 0 Å². The number of fused-ring (bicyclic) bond motifs is 1. The highest BCUT2D eigenvalue weighted by Crippen LogP contribution is 2.28. The van der Waals surface area contributed by atoms with Gasteiger partial charge in [0, 0.05) is 19.6 Å². The highest BCUT2D eigenvalue weighted by molar-refractivity contribution is 7.89. The summed E-state index contributed by atoms with van der Waals surface area (Å²) in [6.07, 6.45) is 4.82. The lowest BCUT2D eigenvalue weighted by Crippen LogP contribution is -2.45. The number of sulfonamides is 1. The van der Waals surface area contributed by atoms with Gasteiger partial charge in [-0.05, 0) is 69.8 Å². The molecule has 170 valence electrons. The number of benzene rings is 1. The first kappa shape index (κ1) is 22.6. The third kappa shape index (κ3) is 5.24. The Labute approximate surface area is 188 Å². The smallest absolute Gasteiger partial charge is 0.245 e. The maximum absolute atomic E-state index is 13.3. The average molecular weight is 466 g/mol. The van der Waals surface area contributed by atoms with E-state index in [-0.39, 0.29) is 23.3 Å². The van der Waals surface area contributed by atoms with Crippen molar-refractivity contribution in [3.8, 4) is 0 Å². The maximum Gasteiger partial charge on any atom is 0.245 e. The molecule has 2 saturated heterocycles. The third-order valence-electron chi connectivity index (χ3n) is 6.45. The molecule has 2 fully saturated rings. The maximum atomic E-state index is 13.3. The average Bonchev–Trinajstić information content (AvgIpc) is 3.27. The Morgan fingerprint density at radius 1 is 1.19 bits per heavy atom. The molecule has 1 amide bonds. The van der Waals surface area contributed by atoms with Gasteiger partial charge in [0.2, 0.25) is 15.9 Å². The molecule has 8 nitrogen and oxygen atoms in total. The van der Waals surface area contributed by atoms with Gasteiger partial charge in [0.25, 0.3) is 0 Å². The first-order valence-corrected chi connectivity index (χ1v) is 13.3. The number of carbonyl (C=O) groups excluding carboxylic acids is 1. The highest BCUT2D eigenvalue weighted by Gasteiger charge is 2.34. The Kier molecular flexibility index (Phi) is 7.20. The van der Waals surface area contributed by atoms with Crippen LogP contribution in [0.1, 0.15) is 39.0 Å². The molecular weight excluding hydrogens is 434 g/mol. The molecule has 1 atom stereocenters. The second kappa shape index (κ2) is 9.89. The number of piperidine rings is 2. The molecule has 1 unspecified atom stereocenters.